The van der Waals surface area contributed by atoms with Crippen molar-refractivity contribution >= 4 is 48.9 Å². The van der Waals surface area contributed by atoms with Crippen LogP contribution in [-0.4, -0.2) is 12.0 Å². The molecule has 0 N–H and O–H groups in total. The zero-order valence-corrected chi connectivity index (χ0v) is 13.1. The van der Waals surface area contributed by atoms with Crippen LogP contribution >= 0.6 is 27.3 Å². The minimum absolute atomic E-state index is 0.992. The summed E-state index contributed by atoms with van der Waals surface area (Å²) in [5.74, 6) is 0.992. The first-order chi connectivity index (χ1) is 9.16. The molecule has 1 aromatic carbocycles. The number of hydrogen-bond donors (Lipinski definition) is 0. The number of anilines is 2. The van der Waals surface area contributed by atoms with Crippen LogP contribution in [0.25, 0.3) is 10.1 Å². The third kappa shape index (κ3) is 2.26. The number of halogens is 1. The third-order valence-electron chi connectivity index (χ3n) is 3.16. The molecular weight excluding hydrogens is 320 g/mol. The normalized spacial score (nSPS) is 10.9. The van der Waals surface area contributed by atoms with Crippen LogP contribution < -0.4 is 4.90 Å². The van der Waals surface area contributed by atoms with E-state index >= 15 is 0 Å². The highest BCUT2D eigenvalue weighted by Crippen LogP contribution is 2.36. The van der Waals surface area contributed by atoms with Crippen molar-refractivity contribution in [2.75, 3.05) is 11.9 Å². The Labute approximate surface area is 124 Å². The maximum absolute atomic E-state index is 4.52. The first-order valence-corrected chi connectivity index (χ1v) is 7.66. The molecule has 0 bridgehead atoms. The fourth-order valence-corrected chi connectivity index (χ4v) is 3.65. The summed E-state index contributed by atoms with van der Waals surface area (Å²) in [5, 5.41) is 3.47. The van der Waals surface area contributed by atoms with Gasteiger partial charge in [0, 0.05) is 33.2 Å². The van der Waals surface area contributed by atoms with E-state index in [2.05, 4.69) is 75.5 Å². The Morgan fingerprint density at radius 1 is 1.26 bits per heavy atom. The molecule has 2 nitrogen and oxygen atoms in total. The summed E-state index contributed by atoms with van der Waals surface area (Å²) >= 11 is 5.22. The van der Waals surface area contributed by atoms with E-state index in [4.69, 9.17) is 0 Å². The molecular formula is C15H13BrN2S. The van der Waals surface area contributed by atoms with Crippen LogP contribution in [0.2, 0.25) is 0 Å². The molecule has 0 fully saturated rings. The average Bonchev–Trinajstić information content (AvgIpc) is 2.82. The number of pyridine rings is 1. The molecule has 0 aliphatic heterocycles. The number of benzene rings is 1. The van der Waals surface area contributed by atoms with Gasteiger partial charge in [-0.25, -0.2) is 4.98 Å². The molecule has 0 saturated carbocycles. The standard InChI is InChI=1S/C15H13BrN2S/c1-10-7-11(16)8-17-15(10)18(2)13-9-19-14-6-4-3-5-12(13)14/h3-9H,1-2H3. The Bertz CT molecular complexity index is 736. The fourth-order valence-electron chi connectivity index (χ4n) is 2.22. The highest BCUT2D eigenvalue weighted by molar-refractivity contribution is 9.10. The number of rotatable bonds is 2. The van der Waals surface area contributed by atoms with E-state index in [1.54, 1.807) is 11.3 Å². The number of nitrogens with zero attached hydrogens (tertiary/aromatic N) is 2. The maximum Gasteiger partial charge on any atom is 0.135 e. The van der Waals surface area contributed by atoms with Crippen LogP contribution in [-0.2, 0) is 0 Å². The lowest BCUT2D eigenvalue weighted by Gasteiger charge is -2.19. The van der Waals surface area contributed by atoms with E-state index < -0.39 is 0 Å². The van der Waals surface area contributed by atoms with Crippen molar-refractivity contribution in [3.8, 4) is 0 Å². The van der Waals surface area contributed by atoms with Crippen LogP contribution in [0.5, 0.6) is 0 Å². The van der Waals surface area contributed by atoms with E-state index in [0.717, 1.165) is 15.9 Å². The summed E-state index contributed by atoms with van der Waals surface area (Å²) in [6.07, 6.45) is 1.84. The summed E-state index contributed by atoms with van der Waals surface area (Å²) in [4.78, 5) is 6.68. The predicted molar refractivity (Wildman–Crippen MR) is 86.6 cm³/mol. The quantitative estimate of drug-likeness (QED) is 0.646. The molecule has 0 saturated heterocycles. The highest BCUT2D eigenvalue weighted by atomic mass is 79.9. The van der Waals surface area contributed by atoms with E-state index in [1.165, 1.54) is 15.8 Å². The van der Waals surface area contributed by atoms with Crippen LogP contribution in [0.15, 0.2) is 46.4 Å². The van der Waals surface area contributed by atoms with Crippen molar-refractivity contribution in [3.63, 3.8) is 0 Å². The largest absolute Gasteiger partial charge is 0.328 e. The molecule has 3 aromatic rings. The molecule has 2 aromatic heterocycles. The second kappa shape index (κ2) is 4.94. The predicted octanol–water partition coefficient (Wildman–Crippen LogP) is 5.14. The number of aryl methyl sites for hydroxylation is 1. The number of aromatic nitrogens is 1. The van der Waals surface area contributed by atoms with Gasteiger partial charge in [0.2, 0.25) is 0 Å². The van der Waals surface area contributed by atoms with Crippen molar-refractivity contribution in [1.82, 2.24) is 4.98 Å². The molecule has 0 unspecified atom stereocenters. The molecule has 0 amide bonds. The van der Waals surface area contributed by atoms with Crippen molar-refractivity contribution in [3.05, 3.63) is 51.9 Å². The molecule has 0 aliphatic rings. The molecule has 19 heavy (non-hydrogen) atoms. The van der Waals surface area contributed by atoms with Gasteiger partial charge in [-0.3, -0.25) is 0 Å². The van der Waals surface area contributed by atoms with Gasteiger partial charge < -0.3 is 4.90 Å². The molecule has 4 heteroatoms. The summed E-state index contributed by atoms with van der Waals surface area (Å²) in [6, 6.07) is 10.6. The first-order valence-electron chi connectivity index (χ1n) is 5.99. The van der Waals surface area contributed by atoms with Gasteiger partial charge in [-0.15, -0.1) is 11.3 Å². The Kier molecular flexibility index (Phi) is 3.29. The highest BCUT2D eigenvalue weighted by Gasteiger charge is 2.13. The van der Waals surface area contributed by atoms with Crippen LogP contribution in [0.1, 0.15) is 5.56 Å². The number of fused-ring (bicyclic) bond motifs is 1. The number of hydrogen-bond acceptors (Lipinski definition) is 3. The van der Waals surface area contributed by atoms with Crippen LogP contribution in [0.4, 0.5) is 11.5 Å². The minimum atomic E-state index is 0.992. The van der Waals surface area contributed by atoms with Crippen molar-refractivity contribution in [2.45, 2.75) is 6.92 Å². The van der Waals surface area contributed by atoms with Crippen molar-refractivity contribution < 1.29 is 0 Å². The molecule has 2 heterocycles. The Hall–Kier alpha value is -1.39. The SMILES string of the molecule is Cc1cc(Br)cnc1N(C)c1csc2ccccc12. The summed E-state index contributed by atoms with van der Waals surface area (Å²) < 4.78 is 2.32. The fraction of sp³-hybridized carbons (Fsp3) is 0.133. The van der Waals surface area contributed by atoms with Crippen molar-refractivity contribution in [1.29, 1.82) is 0 Å². The zero-order valence-electron chi connectivity index (χ0n) is 10.7. The monoisotopic (exact) mass is 332 g/mol. The molecule has 96 valence electrons. The molecule has 0 atom stereocenters. The molecule has 0 aliphatic carbocycles. The van der Waals surface area contributed by atoms with Gasteiger partial charge in [0.05, 0.1) is 5.69 Å². The summed E-state index contributed by atoms with van der Waals surface area (Å²) in [6.45, 7) is 2.08. The van der Waals surface area contributed by atoms with Gasteiger partial charge in [0.25, 0.3) is 0 Å². The maximum atomic E-state index is 4.52. The topological polar surface area (TPSA) is 16.1 Å². The average molecular weight is 333 g/mol. The molecule has 0 spiro atoms. The van der Waals surface area contributed by atoms with Gasteiger partial charge in [-0.05, 0) is 40.5 Å². The first kappa shape index (κ1) is 12.6. The summed E-state index contributed by atoms with van der Waals surface area (Å²) in [5.41, 5.74) is 2.37. The van der Waals surface area contributed by atoms with Gasteiger partial charge in [0.15, 0.2) is 0 Å². The Balaban J connectivity index is 2.10. The van der Waals surface area contributed by atoms with Crippen LogP contribution in [0.3, 0.4) is 0 Å². The summed E-state index contributed by atoms with van der Waals surface area (Å²) in [7, 11) is 2.07. The van der Waals surface area contributed by atoms with Crippen LogP contribution in [0, 0.1) is 6.92 Å². The van der Waals surface area contributed by atoms with E-state index in [1.807, 2.05) is 6.20 Å². The van der Waals surface area contributed by atoms with Crippen molar-refractivity contribution in [2.24, 2.45) is 0 Å². The third-order valence-corrected chi connectivity index (χ3v) is 4.54. The van der Waals surface area contributed by atoms with E-state index in [9.17, 15) is 0 Å². The smallest absolute Gasteiger partial charge is 0.135 e. The zero-order chi connectivity index (χ0) is 13.4. The van der Waals surface area contributed by atoms with E-state index in [-0.39, 0.29) is 0 Å². The van der Waals surface area contributed by atoms with E-state index in [0.29, 0.717) is 0 Å². The molecule has 3 rings (SSSR count). The van der Waals surface area contributed by atoms with Gasteiger partial charge in [-0.2, -0.15) is 0 Å². The second-order valence-electron chi connectivity index (χ2n) is 4.47. The number of thiophene rings is 1. The lowest BCUT2D eigenvalue weighted by molar-refractivity contribution is 1.11. The molecule has 0 radical (unpaired) electrons. The Morgan fingerprint density at radius 3 is 2.84 bits per heavy atom. The van der Waals surface area contributed by atoms with Gasteiger partial charge >= 0.3 is 0 Å². The Morgan fingerprint density at radius 2 is 2.05 bits per heavy atom. The minimum Gasteiger partial charge on any atom is -0.328 e. The van der Waals surface area contributed by atoms with Gasteiger partial charge in [-0.1, -0.05) is 18.2 Å². The lowest BCUT2D eigenvalue weighted by Crippen LogP contribution is -2.12. The second-order valence-corrected chi connectivity index (χ2v) is 6.30. The van der Waals surface area contributed by atoms with Gasteiger partial charge in [0.1, 0.15) is 5.82 Å². The lowest BCUT2D eigenvalue weighted by atomic mass is 10.2.